The molecule has 1 N–H and O–H groups in total. The number of imidazole rings is 1. The summed E-state index contributed by atoms with van der Waals surface area (Å²) in [5.41, 5.74) is 0. The fourth-order valence-corrected chi connectivity index (χ4v) is 7.52. The smallest absolute Gasteiger partial charge is 0.297 e. The average Bonchev–Trinajstić information content (AvgIpc) is 3.52. The Bertz CT molecular complexity index is 884. The molecule has 0 aromatic carbocycles. The Morgan fingerprint density at radius 2 is 0.939 bits per heavy atom. The molecule has 49 heavy (non-hydrogen) atoms. The summed E-state index contributed by atoms with van der Waals surface area (Å²) < 4.78 is 29.5. The molecule has 0 unspecified atom stereocenters. The lowest BCUT2D eigenvalue weighted by molar-refractivity contribution is -0.671. The van der Waals surface area contributed by atoms with Crippen molar-refractivity contribution in [3.63, 3.8) is 0 Å². The topological polar surface area (TPSA) is 56.4 Å². The van der Waals surface area contributed by atoms with Gasteiger partial charge in [0.25, 0.3) is 0 Å². The minimum Gasteiger partial charge on any atom is -0.297 e. The van der Waals surface area contributed by atoms with Crippen LogP contribution in [0.2, 0.25) is 0 Å². The number of hydrogen-bond acceptors (Lipinski definition) is 3. The molecule has 0 aliphatic heterocycles. The van der Waals surface area contributed by atoms with Gasteiger partial charge in [0.05, 0.1) is 20.3 Å². The normalized spacial score (nSPS) is 13.3. The van der Waals surface area contributed by atoms with E-state index >= 15 is 0 Å². The largest absolute Gasteiger partial charge is 0.405 e. The van der Waals surface area contributed by atoms with E-state index in [1.54, 1.807) is 0 Å². The molecule has 0 atom stereocenters. The summed E-state index contributed by atoms with van der Waals surface area (Å²) in [5.74, 6) is 0. The van der Waals surface area contributed by atoms with Gasteiger partial charge in [0.15, 0.2) is 0 Å². The van der Waals surface area contributed by atoms with Crippen LogP contribution < -0.4 is 9.65 Å². The lowest BCUT2D eigenvalue weighted by atomic mass is 10.1. The molecular formula is C42H81N3O3P+. The Kier molecular flexibility index (Phi) is 32.9. The Morgan fingerprint density at radius 3 is 1.31 bits per heavy atom. The van der Waals surface area contributed by atoms with Crippen molar-refractivity contribution in [3.8, 4) is 0 Å². The second kappa shape index (κ2) is 35.2. The summed E-state index contributed by atoms with van der Waals surface area (Å²) in [7, 11) is -1.31. The van der Waals surface area contributed by atoms with Crippen LogP contribution in [0.3, 0.4) is 0 Å². The Balaban J connectivity index is 2.12. The maximum Gasteiger partial charge on any atom is 0.405 e. The number of hydrogen-bond donors (Lipinski definition) is 1. The number of rotatable bonds is 38. The summed E-state index contributed by atoms with van der Waals surface area (Å²) in [6, 6.07) is 0. The van der Waals surface area contributed by atoms with Crippen LogP contribution in [-0.4, -0.2) is 24.3 Å². The van der Waals surface area contributed by atoms with Gasteiger partial charge in [-0.25, -0.2) is 18.8 Å². The van der Waals surface area contributed by atoms with Crippen LogP contribution in [0.25, 0.3) is 0 Å². The van der Waals surface area contributed by atoms with E-state index in [2.05, 4.69) is 47.8 Å². The Morgan fingerprint density at radius 1 is 0.571 bits per heavy atom. The Hall–Kier alpha value is -1.20. The molecule has 1 aromatic rings. The third-order valence-corrected chi connectivity index (χ3v) is 11.0. The molecule has 1 aromatic heterocycles. The van der Waals surface area contributed by atoms with Crippen molar-refractivity contribution in [3.05, 3.63) is 43.0 Å². The van der Waals surface area contributed by atoms with Gasteiger partial charge in [-0.2, -0.15) is 0 Å². The Labute approximate surface area is 304 Å². The third kappa shape index (κ3) is 31.3. The predicted octanol–water partition coefficient (Wildman–Crippen LogP) is 13.1. The maximum absolute atomic E-state index is 13.5. The molecule has 0 spiro atoms. The van der Waals surface area contributed by atoms with Gasteiger partial charge in [0, 0.05) is 6.54 Å². The molecule has 286 valence electrons. The van der Waals surface area contributed by atoms with Crippen molar-refractivity contribution in [1.29, 1.82) is 0 Å². The van der Waals surface area contributed by atoms with Gasteiger partial charge in [-0.05, 0) is 64.2 Å². The molecule has 0 aliphatic carbocycles. The van der Waals surface area contributed by atoms with Gasteiger partial charge in [0.1, 0.15) is 18.9 Å². The van der Waals surface area contributed by atoms with Crippen molar-refractivity contribution in [2.45, 2.75) is 200 Å². The van der Waals surface area contributed by atoms with Crippen LogP contribution in [-0.2, 0) is 27.2 Å². The molecule has 1 heterocycles. The number of unbranched alkanes of at least 4 members (excludes halogenated alkanes) is 24. The molecule has 0 saturated carbocycles. The van der Waals surface area contributed by atoms with E-state index in [1.807, 2.05) is 30.3 Å². The summed E-state index contributed by atoms with van der Waals surface area (Å²) >= 11 is 0. The van der Waals surface area contributed by atoms with E-state index in [-0.39, 0.29) is 0 Å². The van der Waals surface area contributed by atoms with Gasteiger partial charge >= 0.3 is 7.75 Å². The highest BCUT2D eigenvalue weighted by Crippen LogP contribution is 2.44. The van der Waals surface area contributed by atoms with E-state index < -0.39 is 7.75 Å². The molecule has 0 amide bonds. The van der Waals surface area contributed by atoms with Gasteiger partial charge in [0.2, 0.25) is 6.33 Å². The second-order valence-corrected chi connectivity index (χ2v) is 16.1. The molecule has 0 bridgehead atoms. The number of aryl methyl sites for hydroxylation is 1. The first-order valence-corrected chi connectivity index (χ1v) is 22.6. The molecule has 0 radical (unpaired) electrons. The van der Waals surface area contributed by atoms with E-state index in [9.17, 15) is 4.57 Å². The predicted molar refractivity (Wildman–Crippen MR) is 212 cm³/mol. The maximum atomic E-state index is 13.5. The minimum absolute atomic E-state index is 0.483. The highest BCUT2D eigenvalue weighted by molar-refractivity contribution is 7.51. The highest BCUT2D eigenvalue weighted by atomic mass is 31.2. The van der Waals surface area contributed by atoms with Crippen molar-refractivity contribution in [2.24, 2.45) is 7.05 Å². The quantitative estimate of drug-likeness (QED) is 0.0322. The molecule has 7 heteroatoms. The van der Waals surface area contributed by atoms with Crippen molar-refractivity contribution in [1.82, 2.24) is 9.65 Å². The van der Waals surface area contributed by atoms with Crippen molar-refractivity contribution >= 4 is 7.75 Å². The summed E-state index contributed by atoms with van der Waals surface area (Å²) in [6.45, 7) is 6.79. The lowest BCUT2D eigenvalue weighted by Gasteiger charge is -2.19. The summed E-state index contributed by atoms with van der Waals surface area (Å²) in [4.78, 5) is 0. The van der Waals surface area contributed by atoms with Gasteiger partial charge in [-0.1, -0.05) is 154 Å². The first-order chi connectivity index (χ1) is 24.1. The second-order valence-electron chi connectivity index (χ2n) is 14.3. The molecule has 6 nitrogen and oxygen atoms in total. The first kappa shape index (κ1) is 45.8. The third-order valence-electron chi connectivity index (χ3n) is 9.33. The van der Waals surface area contributed by atoms with Gasteiger partial charge in [-0.15, -0.1) is 0 Å². The van der Waals surface area contributed by atoms with Crippen LogP contribution in [0, 0.1) is 0 Å². The zero-order valence-electron chi connectivity index (χ0n) is 32.7. The van der Waals surface area contributed by atoms with Crippen LogP contribution in [0.4, 0.5) is 0 Å². The van der Waals surface area contributed by atoms with Crippen LogP contribution >= 0.6 is 7.75 Å². The molecule has 0 fully saturated rings. The van der Waals surface area contributed by atoms with E-state index in [0.717, 1.165) is 32.2 Å². The number of allylic oxidation sites excluding steroid dienone is 4. The summed E-state index contributed by atoms with van der Waals surface area (Å²) in [5, 5.41) is 3.13. The van der Waals surface area contributed by atoms with Crippen LogP contribution in [0.1, 0.15) is 194 Å². The van der Waals surface area contributed by atoms with E-state index in [0.29, 0.717) is 19.8 Å². The fraction of sp³-hybridized carbons (Fsp3) is 0.833. The molecule has 0 saturated heterocycles. The van der Waals surface area contributed by atoms with E-state index in [4.69, 9.17) is 9.05 Å². The van der Waals surface area contributed by atoms with Crippen LogP contribution in [0.15, 0.2) is 43.0 Å². The van der Waals surface area contributed by atoms with Gasteiger partial charge < -0.3 is 0 Å². The number of nitrogens with zero attached hydrogens (tertiary/aromatic N) is 2. The average molecular weight is 707 g/mol. The van der Waals surface area contributed by atoms with Crippen molar-refractivity contribution < 1.29 is 18.2 Å². The number of nitrogens with one attached hydrogen (secondary N) is 1. The zero-order valence-corrected chi connectivity index (χ0v) is 33.6. The molecule has 0 aliphatic rings. The standard InChI is InChI=1S/C42H81N3O3P/c1-4-6-8-10-12-14-16-18-20-22-24-26-28-30-32-34-40-47-49(46,43-36-37-45-39-38-44(3)42-45)48-41-35-33-31-29-27-25-23-21-19-17-15-13-11-9-7-5-2/h18-21,38-39,42H,4-17,22-37,40-41H2,1-3H3,(H,43,46)/q+1. The highest BCUT2D eigenvalue weighted by Gasteiger charge is 2.24. The SMILES string of the molecule is CCCCCCCCC=CCCCCCCCCOP(=O)(NCCn1cc[n+](C)c1)OCCCCCCCCC=CCCCCCCCC. The molecule has 1 rings (SSSR count). The first-order valence-electron chi connectivity index (χ1n) is 21.0. The number of aromatic nitrogens is 2. The summed E-state index contributed by atoms with van der Waals surface area (Å²) in [6.07, 6.45) is 51.2. The lowest BCUT2D eigenvalue weighted by Crippen LogP contribution is -2.25. The fourth-order valence-electron chi connectivity index (χ4n) is 6.15. The van der Waals surface area contributed by atoms with Crippen molar-refractivity contribution in [2.75, 3.05) is 19.8 Å². The molecular weight excluding hydrogens is 625 g/mol. The zero-order chi connectivity index (χ0) is 35.4. The monoisotopic (exact) mass is 707 g/mol. The van der Waals surface area contributed by atoms with Gasteiger partial charge in [-0.3, -0.25) is 9.05 Å². The van der Waals surface area contributed by atoms with E-state index in [1.165, 1.54) is 154 Å². The minimum atomic E-state index is -3.31. The van der Waals surface area contributed by atoms with Crippen LogP contribution in [0.5, 0.6) is 0 Å².